The molecule has 2 aliphatic heterocycles. The zero-order chi connectivity index (χ0) is 70.1. The number of anilines is 2. The van der Waals surface area contributed by atoms with Crippen LogP contribution >= 0.6 is 45.3 Å². The highest BCUT2D eigenvalue weighted by Gasteiger charge is 2.81. The summed E-state index contributed by atoms with van der Waals surface area (Å²) in [6, 6.07) is 49.0. The summed E-state index contributed by atoms with van der Waals surface area (Å²) in [6.07, 6.45) is 9.69. The minimum Gasteiger partial charge on any atom is -0.547 e. The summed E-state index contributed by atoms with van der Waals surface area (Å²) in [6.45, 7) is 7.19. The van der Waals surface area contributed by atoms with Gasteiger partial charge in [-0.1, -0.05) is 92.8 Å². The van der Waals surface area contributed by atoms with Crippen LogP contribution in [0.15, 0.2) is 180 Å². The second-order valence-electron chi connectivity index (χ2n) is 24.2. The van der Waals surface area contributed by atoms with Crippen molar-refractivity contribution in [1.29, 1.82) is 21.0 Å². The van der Waals surface area contributed by atoms with E-state index in [2.05, 4.69) is 65.5 Å². The number of guanidine groups is 2. The van der Waals surface area contributed by atoms with E-state index in [9.17, 15) is 26.2 Å². The topological polar surface area (TPSA) is 387 Å². The fraction of sp³-hybridized carbons (Fsp3) is 0.254. The van der Waals surface area contributed by atoms with Crippen molar-refractivity contribution in [1.82, 2.24) is 59.9 Å². The van der Waals surface area contributed by atoms with Crippen LogP contribution in [0.3, 0.4) is 0 Å². The van der Waals surface area contributed by atoms with Crippen LogP contribution in [0.2, 0.25) is 0 Å². The summed E-state index contributed by atoms with van der Waals surface area (Å²) in [5, 5.41) is 86.5. The molecule has 0 bridgehead atoms. The Labute approximate surface area is 591 Å². The molecule has 0 aliphatic carbocycles. The third kappa shape index (κ3) is 12.5. The van der Waals surface area contributed by atoms with E-state index in [0.717, 1.165) is 25.5 Å². The van der Waals surface area contributed by atoms with Crippen molar-refractivity contribution in [3.63, 3.8) is 0 Å². The first kappa shape index (κ1) is 68.7. The molecule has 0 saturated heterocycles. The molecule has 100 heavy (non-hydrogen) atoms. The van der Waals surface area contributed by atoms with Crippen LogP contribution in [0.4, 0.5) is 17.0 Å². The monoisotopic (exact) mass is 1400 g/mol. The number of aromatic hydroxyl groups is 1. The number of hydrogen-bond donors (Lipinski definition) is 7. The van der Waals surface area contributed by atoms with Crippen LogP contribution in [0.1, 0.15) is 77.5 Å². The number of phenols is 1. The van der Waals surface area contributed by atoms with Gasteiger partial charge in [-0.25, -0.2) is 39.9 Å². The van der Waals surface area contributed by atoms with Crippen LogP contribution in [0.5, 0.6) is 5.75 Å². The number of carboxylic acids is 1. The number of carboxylic acid groups (broad SMARTS) is 1. The zero-order valence-corrected chi connectivity index (χ0v) is 57.7. The number of aliphatic imine (C=N–C) groups is 2. The van der Waals surface area contributed by atoms with E-state index in [0.29, 0.717) is 81.6 Å². The number of phenolic OH excluding ortho intramolecular Hbond substituents is 1. The molecule has 0 amide bonds. The van der Waals surface area contributed by atoms with Gasteiger partial charge in [0.2, 0.25) is 17.9 Å². The van der Waals surface area contributed by atoms with E-state index in [1.54, 1.807) is 80.4 Å². The zero-order valence-electron chi connectivity index (χ0n) is 54.4. The van der Waals surface area contributed by atoms with Gasteiger partial charge in [-0.3, -0.25) is 0 Å². The van der Waals surface area contributed by atoms with E-state index in [1.165, 1.54) is 63.9 Å². The molecular weight excluding hydrogens is 1340 g/mol. The minimum atomic E-state index is -2.59. The Morgan fingerprint density at radius 2 is 1.29 bits per heavy atom. The Kier molecular flexibility index (Phi) is 20.2. The van der Waals surface area contributed by atoms with Gasteiger partial charge in [0.05, 0.1) is 77.2 Å². The van der Waals surface area contributed by atoms with Crippen LogP contribution in [0, 0.1) is 50.7 Å². The highest BCUT2D eigenvalue weighted by molar-refractivity contribution is 7.22. The first-order chi connectivity index (χ1) is 48.6. The predicted octanol–water partition coefficient (Wildman–Crippen LogP) is 9.60. The lowest BCUT2D eigenvalue weighted by molar-refractivity contribution is -0.322. The van der Waals surface area contributed by atoms with Gasteiger partial charge >= 0.3 is 5.96 Å². The molecule has 0 fully saturated rings. The Bertz CT molecular complexity index is 5000. The maximum Gasteiger partial charge on any atom is 0.312 e. The van der Waals surface area contributed by atoms with Gasteiger partial charge in [-0.05, 0) is 115 Å². The second-order valence-corrected chi connectivity index (χ2v) is 28.4. The van der Waals surface area contributed by atoms with Gasteiger partial charge in [0.1, 0.15) is 39.0 Å². The molecule has 2 aliphatic rings. The normalized spacial score (nSPS) is 17.6. The minimum absolute atomic E-state index is 0.00558. The van der Waals surface area contributed by atoms with Crippen molar-refractivity contribution in [3.05, 3.63) is 202 Å². The molecule has 0 saturated carbocycles. The Morgan fingerprint density at radius 1 is 0.680 bits per heavy atom. The fourth-order valence-electron chi connectivity index (χ4n) is 12.8. The van der Waals surface area contributed by atoms with Crippen molar-refractivity contribution in [2.45, 2.75) is 68.6 Å². The van der Waals surface area contributed by atoms with Gasteiger partial charge in [0, 0.05) is 57.5 Å². The maximum atomic E-state index is 15.8. The smallest absolute Gasteiger partial charge is 0.312 e. The molecule has 11 aromatic rings. The number of nitrogens with one attached hydrogen (secondary N) is 4. The van der Waals surface area contributed by atoms with E-state index >= 15 is 9.90 Å². The number of aliphatic carboxylic acids is 1. The molecule has 0 radical (unpaired) electrons. The van der Waals surface area contributed by atoms with Crippen molar-refractivity contribution < 1.29 is 15.0 Å². The number of aromatic nitrogens is 8. The summed E-state index contributed by atoms with van der Waals surface area (Å²) in [7, 11) is 0. The number of fused-ring (bicyclic) bond motifs is 4. The van der Waals surface area contributed by atoms with E-state index < -0.39 is 50.9 Å². The molecule has 6 aromatic heterocycles. The van der Waals surface area contributed by atoms with Gasteiger partial charge in [0.25, 0.3) is 10.7 Å². The third-order valence-corrected chi connectivity index (χ3v) is 21.7. The van der Waals surface area contributed by atoms with Gasteiger partial charge in [-0.2, -0.15) is 35.5 Å². The molecule has 9 N–H and O–H groups in total. The molecule has 29 heteroatoms. The summed E-state index contributed by atoms with van der Waals surface area (Å²) in [5.74, 6) is -1.52. The number of quaternary nitrogens is 1. The number of carbonyl (C=O) groups is 1. The molecular formula is C71H66N22O3S4. The molecule has 502 valence electrons. The SMILES string of the molecule is CC(C)(C)C(NC1=NC=CCN1C(C#N)c1nc2ccccc2s1)(C(=O)[O-])C1(CC#N)C=CN=C(NCCc2ccc(O)cc2)[N+]1(c1nc2ccccc2s1)C(C#N)(c1ccnc(NCCCN)n1)c1nc2ccccc2s1.N#CC(c1ccnc(NCCN)n1)c1nc2ccccc2s1. The van der Waals surface area contributed by atoms with Crippen molar-refractivity contribution in [2.75, 3.05) is 49.9 Å². The first-order valence-corrected chi connectivity index (χ1v) is 35.1. The standard InChI is InChI=1S/C56H52N16O3S3.C15H14N6S/c1-53(2,3)56(48(74)75,70-50-63-29-11-33-71(50)41(34-59)46-66-38-12-4-7-15-42(38)76-46)54(24-27-58)25-32-65-51(64-30-22-36-18-20-37(73)21-19-36)72(54,52-68-40-14-6-9-17-44(40)78-52)55(35-60,47-67-39-13-5-8-16-43(39)77-47)45-23-31-62-49(69-45)61-28-10-26-57;16-6-8-19-15-18-7-5-11(21-15)10(9-17)14-20-12-3-1-2-4-13(12)22-14/h4-9,11-21,23,25,29,31-32,41H,10,22,24,26,28,30,33,57H2,1-3H3,(H4-,61,62,63,64,65,69,70,73,74,75);1-5,7,10H,6,8,16H2,(H,18,19,21). The van der Waals surface area contributed by atoms with E-state index in [4.69, 9.17) is 41.4 Å². The van der Waals surface area contributed by atoms with Crippen molar-refractivity contribution in [3.8, 4) is 30.0 Å². The number of para-hydroxylation sites is 4. The van der Waals surface area contributed by atoms with Crippen molar-refractivity contribution >= 4 is 121 Å². The lowest BCUT2D eigenvalue weighted by Crippen LogP contribution is -2.92. The molecule has 13 rings (SSSR count). The Hall–Kier alpha value is -11.3. The lowest BCUT2D eigenvalue weighted by Gasteiger charge is -2.64. The van der Waals surface area contributed by atoms with Gasteiger partial charge in [0.15, 0.2) is 16.6 Å². The average molecular weight is 1400 g/mol. The number of nitrogens with two attached hydrogens (primary N) is 2. The summed E-state index contributed by atoms with van der Waals surface area (Å²) >= 11 is 5.25. The van der Waals surface area contributed by atoms with Crippen LogP contribution in [0.25, 0.3) is 40.9 Å². The third-order valence-electron chi connectivity index (χ3n) is 17.3. The molecule has 25 nitrogen and oxygen atoms in total. The predicted molar refractivity (Wildman–Crippen MR) is 389 cm³/mol. The maximum absolute atomic E-state index is 15.8. The van der Waals surface area contributed by atoms with Gasteiger partial charge in [-0.15, -0.1) is 34.0 Å². The molecule has 6 atom stereocenters. The Balaban J connectivity index is 0.000000364. The highest BCUT2D eigenvalue weighted by Crippen LogP contribution is 2.61. The fourth-order valence-corrected chi connectivity index (χ4v) is 17.2. The van der Waals surface area contributed by atoms with Crippen LogP contribution in [-0.4, -0.2) is 118 Å². The summed E-state index contributed by atoms with van der Waals surface area (Å²) in [4.78, 5) is 65.9. The Morgan fingerprint density at radius 3 is 1.89 bits per heavy atom. The molecule has 5 aromatic carbocycles. The number of benzene rings is 5. The van der Waals surface area contributed by atoms with E-state index in [-0.39, 0.29) is 52.5 Å². The molecule has 8 heterocycles. The number of thiazole rings is 4. The number of nitriles is 4. The molecule has 0 spiro atoms. The number of nitrogens with zero attached hydrogens (tertiary/aromatic N) is 16. The number of rotatable bonds is 22. The highest BCUT2D eigenvalue weighted by atomic mass is 32.1. The van der Waals surface area contributed by atoms with Gasteiger partial charge < -0.3 is 52.6 Å². The summed E-state index contributed by atoms with van der Waals surface area (Å²) < 4.78 is 2.25. The largest absolute Gasteiger partial charge is 0.547 e. The van der Waals surface area contributed by atoms with Crippen LogP contribution < -0.4 is 42.3 Å². The number of hydrogen-bond acceptors (Lipinski definition) is 28. The average Bonchev–Trinajstić information content (AvgIpc) is 0.966. The van der Waals surface area contributed by atoms with E-state index in [1.807, 2.05) is 97.1 Å². The number of carbonyl (C=O) groups excluding carboxylic acids is 1. The second kappa shape index (κ2) is 29.4. The summed E-state index contributed by atoms with van der Waals surface area (Å²) in [5.41, 5.74) is 6.70. The van der Waals surface area contributed by atoms with Crippen LogP contribution in [-0.2, 0) is 16.8 Å². The first-order valence-electron chi connectivity index (χ1n) is 31.8. The lowest BCUT2D eigenvalue weighted by atomic mass is 9.57. The van der Waals surface area contributed by atoms with Crippen molar-refractivity contribution in [2.24, 2.45) is 26.9 Å². The quantitative estimate of drug-likeness (QED) is 0.0245. The molecule has 6 unspecified atom stereocenters.